The topological polar surface area (TPSA) is 121 Å². The zero-order valence-corrected chi connectivity index (χ0v) is 34.3. The van der Waals surface area contributed by atoms with Crippen LogP contribution in [-0.2, 0) is 17.6 Å². The Kier molecular flexibility index (Phi) is 13.9. The average molecular weight is 850 g/mol. The molecule has 2 saturated carbocycles. The number of amides is 1. The van der Waals surface area contributed by atoms with Crippen molar-refractivity contribution < 1.29 is 33.3 Å². The number of rotatable bonds is 15. The summed E-state index contributed by atoms with van der Waals surface area (Å²) in [5, 5.41) is 25.5. The van der Waals surface area contributed by atoms with Crippen molar-refractivity contribution in [2.75, 3.05) is 39.3 Å². The first-order valence-corrected chi connectivity index (χ1v) is 21.4. The van der Waals surface area contributed by atoms with Gasteiger partial charge in [0.2, 0.25) is 0 Å². The molecule has 8 rings (SSSR count). The largest absolute Gasteiger partial charge is 0.489 e. The number of aliphatic hydroxyl groups is 2. The summed E-state index contributed by atoms with van der Waals surface area (Å²) >= 11 is 18.6. The second-order valence-corrected chi connectivity index (χ2v) is 17.6. The molecule has 310 valence electrons. The third kappa shape index (κ3) is 11.1. The first-order valence-electron chi connectivity index (χ1n) is 20.3. The zero-order valence-electron chi connectivity index (χ0n) is 32.0. The Balaban J connectivity index is 0.000000200. The Bertz CT molecular complexity index is 1860. The molecule has 0 bridgehead atoms. The van der Waals surface area contributed by atoms with Crippen molar-refractivity contribution in [3.8, 4) is 11.5 Å². The number of hydrogen-bond donors (Lipinski definition) is 4. The van der Waals surface area contributed by atoms with Gasteiger partial charge in [-0.05, 0) is 149 Å². The fourth-order valence-electron chi connectivity index (χ4n) is 7.93. The van der Waals surface area contributed by atoms with Gasteiger partial charge in [-0.25, -0.2) is 0 Å². The van der Waals surface area contributed by atoms with E-state index in [4.69, 9.17) is 50.0 Å². The molecule has 2 heterocycles. The molecule has 0 radical (unpaired) electrons. The molecule has 3 aromatic carbocycles. The van der Waals surface area contributed by atoms with Gasteiger partial charge in [-0.15, -0.1) is 0 Å². The molecule has 0 spiro atoms. The minimum atomic E-state index is -3.60. The van der Waals surface area contributed by atoms with Gasteiger partial charge in [-0.1, -0.05) is 53.0 Å². The molecule has 2 saturated heterocycles. The van der Waals surface area contributed by atoms with E-state index in [-0.39, 0.29) is 31.5 Å². The van der Waals surface area contributed by atoms with Gasteiger partial charge in [0.25, 0.3) is 5.91 Å². The maximum atomic E-state index is 15.4. The lowest BCUT2D eigenvalue weighted by atomic mass is 9.95. The van der Waals surface area contributed by atoms with Gasteiger partial charge in [-0.3, -0.25) is 4.79 Å². The van der Waals surface area contributed by atoms with E-state index in [0.29, 0.717) is 38.2 Å². The van der Waals surface area contributed by atoms with Crippen LogP contribution in [0.3, 0.4) is 0 Å². The summed E-state index contributed by atoms with van der Waals surface area (Å²) in [7, 11) is 0. The number of benzene rings is 3. The lowest BCUT2D eigenvalue weighted by Crippen LogP contribution is -2.54. The second kappa shape index (κ2) is 18.7. The molecule has 4 fully saturated rings. The van der Waals surface area contributed by atoms with Crippen LogP contribution in [0.25, 0.3) is 0 Å². The minimum Gasteiger partial charge on any atom is -0.489 e. The number of nitrogens with two attached hydrogens (primary N) is 1. The molecular formula is C43H53Cl3F2N4O5. The van der Waals surface area contributed by atoms with E-state index in [1.165, 1.54) is 12.8 Å². The highest BCUT2D eigenvalue weighted by atomic mass is 35.5. The number of alkyl halides is 2. The van der Waals surface area contributed by atoms with Gasteiger partial charge in [-0.2, -0.15) is 8.78 Å². The predicted octanol–water partition coefficient (Wildman–Crippen LogP) is 7.54. The summed E-state index contributed by atoms with van der Waals surface area (Å²) in [5.41, 5.74) is 8.88. The van der Waals surface area contributed by atoms with Gasteiger partial charge in [0.1, 0.15) is 17.6 Å². The molecule has 1 amide bonds. The fourth-order valence-corrected chi connectivity index (χ4v) is 8.59. The maximum absolute atomic E-state index is 15.4. The number of halogens is 5. The Morgan fingerprint density at radius 3 is 1.79 bits per heavy atom. The van der Waals surface area contributed by atoms with Crippen LogP contribution in [0, 0.1) is 5.92 Å². The van der Waals surface area contributed by atoms with Crippen molar-refractivity contribution >= 4 is 40.7 Å². The normalized spacial score (nSPS) is 21.9. The SMILES string of the molecule is N[C@H](CN1CCCC1)[C@H](O)c1ccc(OC2CC2)c(Cl)c1.O=C(N[C@H](CN1CCCC1)[C@H](O)c1ccc(OC2CC2)c(Cl)c1)C(F)(F)C1Cc2ccc(Cl)cc2C1. The molecular weight excluding hydrogens is 797 g/mol. The van der Waals surface area contributed by atoms with Gasteiger partial charge < -0.3 is 40.5 Å². The van der Waals surface area contributed by atoms with E-state index in [0.717, 1.165) is 87.9 Å². The van der Waals surface area contributed by atoms with Gasteiger partial charge in [0.15, 0.2) is 0 Å². The quantitative estimate of drug-likeness (QED) is 0.124. The standard InChI is InChI=1S/C27H30Cl2F2N2O3.C16H23ClN2O2/c28-20-5-3-16-11-19(12-18(16)13-20)27(30,31)26(35)32-23(15-33-9-1-2-10-33)25(34)17-4-8-24(22(29)14-17)36-21-6-7-21;17-13-9-11(3-6-15(13)21-12-4-5-12)16(20)14(18)10-19-7-1-2-8-19/h3-5,8,13-14,19,21,23,25,34H,1-2,6-7,9-12,15H2,(H,32,35);3,6,9,12,14,16,20H,1-2,4-5,7-8,10,18H2/t19?,23-,25-;14-,16-/m11/s1. The summed E-state index contributed by atoms with van der Waals surface area (Å²) in [6.07, 6.45) is 7.36. The molecule has 57 heavy (non-hydrogen) atoms. The van der Waals surface area contributed by atoms with Crippen LogP contribution in [0.5, 0.6) is 11.5 Å². The van der Waals surface area contributed by atoms with Crippen molar-refractivity contribution in [3.05, 3.63) is 91.9 Å². The van der Waals surface area contributed by atoms with Crippen LogP contribution >= 0.6 is 34.8 Å². The number of aliphatic hydroxyl groups excluding tert-OH is 2. The lowest BCUT2D eigenvalue weighted by molar-refractivity contribution is -0.155. The molecule has 14 heteroatoms. The number of carbonyl (C=O) groups excluding carboxylic acids is 1. The first kappa shape index (κ1) is 42.4. The smallest absolute Gasteiger partial charge is 0.327 e. The van der Waals surface area contributed by atoms with Crippen LogP contribution in [0.2, 0.25) is 15.1 Å². The third-order valence-electron chi connectivity index (χ3n) is 11.6. The minimum absolute atomic E-state index is 0.0771. The summed E-state index contributed by atoms with van der Waals surface area (Å²) in [6.45, 7) is 4.73. The molecule has 1 unspecified atom stereocenters. The Labute approximate surface area is 348 Å². The number of nitrogens with one attached hydrogen (secondary N) is 1. The second-order valence-electron chi connectivity index (χ2n) is 16.3. The zero-order chi connectivity index (χ0) is 40.3. The van der Waals surface area contributed by atoms with Gasteiger partial charge >= 0.3 is 5.92 Å². The van der Waals surface area contributed by atoms with Crippen LogP contribution in [0.4, 0.5) is 8.78 Å². The van der Waals surface area contributed by atoms with E-state index in [1.54, 1.807) is 42.5 Å². The summed E-state index contributed by atoms with van der Waals surface area (Å²) in [6, 6.07) is 14.3. The highest BCUT2D eigenvalue weighted by molar-refractivity contribution is 6.32. The van der Waals surface area contributed by atoms with Crippen molar-refractivity contribution in [2.45, 2.75) is 107 Å². The van der Waals surface area contributed by atoms with Crippen LogP contribution in [0.15, 0.2) is 54.6 Å². The molecule has 5 N–H and O–H groups in total. The van der Waals surface area contributed by atoms with Crippen LogP contribution in [0.1, 0.15) is 85.8 Å². The van der Waals surface area contributed by atoms with E-state index < -0.39 is 36.0 Å². The average Bonchev–Trinajstić information content (AvgIpc) is 4.00. The Hall–Kier alpha value is -2.74. The third-order valence-corrected chi connectivity index (χ3v) is 12.4. The van der Waals surface area contributed by atoms with Crippen LogP contribution in [-0.4, -0.2) is 95.4 Å². The van der Waals surface area contributed by atoms with E-state index in [9.17, 15) is 15.0 Å². The van der Waals surface area contributed by atoms with Gasteiger partial charge in [0.05, 0.1) is 34.4 Å². The monoisotopic (exact) mass is 848 g/mol. The Morgan fingerprint density at radius 2 is 1.26 bits per heavy atom. The number of fused-ring (bicyclic) bond motifs is 1. The molecule has 5 aliphatic rings. The van der Waals surface area contributed by atoms with E-state index in [2.05, 4.69) is 15.1 Å². The van der Waals surface area contributed by atoms with Crippen molar-refractivity contribution in [1.82, 2.24) is 15.1 Å². The van der Waals surface area contributed by atoms with E-state index in [1.807, 2.05) is 12.1 Å². The molecule has 3 aromatic rings. The highest BCUT2D eigenvalue weighted by Crippen LogP contribution is 2.40. The fraction of sp³-hybridized carbons (Fsp3) is 0.558. The van der Waals surface area contributed by atoms with Crippen molar-refractivity contribution in [3.63, 3.8) is 0 Å². The Morgan fingerprint density at radius 1 is 0.754 bits per heavy atom. The van der Waals surface area contributed by atoms with Crippen molar-refractivity contribution in [2.24, 2.45) is 11.7 Å². The van der Waals surface area contributed by atoms with Crippen molar-refractivity contribution in [1.29, 1.82) is 0 Å². The summed E-state index contributed by atoms with van der Waals surface area (Å²) in [5.74, 6) is -4.90. The molecule has 0 aromatic heterocycles. The molecule has 3 aliphatic carbocycles. The molecule has 5 atom stereocenters. The number of likely N-dealkylation sites (tertiary alicyclic amines) is 2. The van der Waals surface area contributed by atoms with Gasteiger partial charge in [0, 0.05) is 30.1 Å². The molecule has 2 aliphatic heterocycles. The molecule has 9 nitrogen and oxygen atoms in total. The number of nitrogens with zero attached hydrogens (tertiary/aromatic N) is 2. The first-order chi connectivity index (χ1) is 27.3. The number of carbonyl (C=O) groups is 1. The number of hydrogen-bond acceptors (Lipinski definition) is 8. The summed E-state index contributed by atoms with van der Waals surface area (Å²) < 4.78 is 42.3. The predicted molar refractivity (Wildman–Crippen MR) is 219 cm³/mol. The van der Waals surface area contributed by atoms with Crippen LogP contribution < -0.4 is 20.5 Å². The highest BCUT2D eigenvalue weighted by Gasteiger charge is 2.50. The lowest BCUT2D eigenvalue weighted by Gasteiger charge is -2.31. The number of ether oxygens (including phenoxy) is 2. The van der Waals surface area contributed by atoms with E-state index >= 15 is 8.78 Å². The summed E-state index contributed by atoms with van der Waals surface area (Å²) in [4.78, 5) is 17.4. The maximum Gasteiger partial charge on any atom is 0.327 e.